The number of nitrogens with one attached hydrogen (secondary N) is 2. The summed E-state index contributed by atoms with van der Waals surface area (Å²) in [5.41, 5.74) is 0.415. The summed E-state index contributed by atoms with van der Waals surface area (Å²) in [6.07, 6.45) is 4.35. The van der Waals surface area contributed by atoms with Crippen LogP contribution in [0.5, 0.6) is 5.75 Å². The van der Waals surface area contributed by atoms with Crippen molar-refractivity contribution in [3.05, 3.63) is 39.5 Å². The highest BCUT2D eigenvalue weighted by molar-refractivity contribution is 7.18. The molecule has 0 unspecified atom stereocenters. The largest absolute Gasteiger partial charge is 0.433 e. The van der Waals surface area contributed by atoms with E-state index in [1.54, 1.807) is 18.2 Å². The molecular weight excluding hydrogens is 566 g/mol. The minimum absolute atomic E-state index is 0.0328. The van der Waals surface area contributed by atoms with Crippen molar-refractivity contribution >= 4 is 52.0 Å². The Bertz CT molecular complexity index is 1230. The van der Waals surface area contributed by atoms with Crippen LogP contribution in [0.4, 0.5) is 20.2 Å². The summed E-state index contributed by atoms with van der Waals surface area (Å²) in [6, 6.07) is 6.85. The van der Waals surface area contributed by atoms with Crippen LogP contribution in [0.25, 0.3) is 0 Å². The maximum absolute atomic E-state index is 13.7. The van der Waals surface area contributed by atoms with Crippen molar-refractivity contribution in [2.75, 3.05) is 49.6 Å². The third-order valence-electron chi connectivity index (χ3n) is 7.11. The van der Waals surface area contributed by atoms with Gasteiger partial charge in [-0.15, -0.1) is 11.3 Å². The number of halogens is 3. The Morgan fingerprint density at radius 3 is 2.48 bits per heavy atom. The number of benzene rings is 1. The molecule has 40 heavy (non-hydrogen) atoms. The van der Waals surface area contributed by atoms with Gasteiger partial charge in [0.25, 0.3) is 11.8 Å². The van der Waals surface area contributed by atoms with Crippen molar-refractivity contribution in [2.24, 2.45) is 11.8 Å². The van der Waals surface area contributed by atoms with E-state index in [0.717, 1.165) is 37.0 Å². The highest BCUT2D eigenvalue weighted by atomic mass is 35.5. The van der Waals surface area contributed by atoms with E-state index in [1.807, 2.05) is 0 Å². The number of carbonyl (C=O) groups excluding carboxylic acids is 3. The molecule has 0 spiro atoms. The van der Waals surface area contributed by atoms with Gasteiger partial charge in [-0.1, -0.05) is 11.6 Å². The molecule has 1 aromatic carbocycles. The molecule has 2 N–H and O–H groups in total. The second kappa shape index (κ2) is 12.8. The van der Waals surface area contributed by atoms with Crippen molar-refractivity contribution in [3.63, 3.8) is 0 Å². The van der Waals surface area contributed by atoms with Crippen LogP contribution in [0.1, 0.15) is 35.4 Å². The predicted molar refractivity (Wildman–Crippen MR) is 147 cm³/mol. The van der Waals surface area contributed by atoms with E-state index in [1.165, 1.54) is 17.0 Å². The third-order valence-corrected chi connectivity index (χ3v) is 8.34. The van der Waals surface area contributed by atoms with Gasteiger partial charge in [0.05, 0.1) is 21.5 Å². The van der Waals surface area contributed by atoms with Crippen molar-refractivity contribution in [3.8, 4) is 5.75 Å². The van der Waals surface area contributed by atoms with Crippen LogP contribution >= 0.6 is 22.9 Å². The van der Waals surface area contributed by atoms with Crippen LogP contribution in [0.3, 0.4) is 0 Å². The molecule has 3 fully saturated rings. The van der Waals surface area contributed by atoms with Gasteiger partial charge in [-0.25, -0.2) is 0 Å². The van der Waals surface area contributed by atoms with Gasteiger partial charge in [-0.3, -0.25) is 19.3 Å². The lowest BCUT2D eigenvalue weighted by atomic mass is 10.1. The molecule has 9 nitrogen and oxygen atoms in total. The van der Waals surface area contributed by atoms with Crippen LogP contribution in [0.2, 0.25) is 4.34 Å². The molecule has 2 aliphatic carbocycles. The standard InChI is InChI=1S/C27H31ClF2N4O5S/c28-23-8-7-22(40-23)26(37)31-12-20(33(13-16-1-2-16)14-17-3-4-17)25(36)32-19-6-5-18(11-21(19)39-27(29)30)34-9-10-38-15-24(34)35/h5-8,11,16-17,20,27H,1-4,9-10,12-15H2,(H,31,37)(H,32,36)/t20-/m1/s1. The van der Waals surface area contributed by atoms with Crippen LogP contribution in [-0.4, -0.2) is 74.7 Å². The molecule has 3 amide bonds. The molecule has 1 atom stereocenters. The number of alkyl halides is 2. The van der Waals surface area contributed by atoms with Gasteiger partial charge < -0.3 is 25.0 Å². The fraction of sp³-hybridized carbons (Fsp3) is 0.519. The number of amides is 3. The zero-order valence-electron chi connectivity index (χ0n) is 21.7. The quantitative estimate of drug-likeness (QED) is 0.359. The lowest BCUT2D eigenvalue weighted by Gasteiger charge is -2.31. The molecule has 5 rings (SSSR count). The summed E-state index contributed by atoms with van der Waals surface area (Å²) in [5, 5.41) is 5.61. The smallest absolute Gasteiger partial charge is 0.387 e. The molecule has 216 valence electrons. The second-order valence-corrected chi connectivity index (χ2v) is 12.0. The first-order chi connectivity index (χ1) is 19.3. The van der Waals surface area contributed by atoms with Gasteiger partial charge in [-0.2, -0.15) is 8.78 Å². The molecule has 1 saturated heterocycles. The van der Waals surface area contributed by atoms with Crippen molar-refractivity contribution in [1.29, 1.82) is 0 Å². The van der Waals surface area contributed by atoms with Gasteiger partial charge in [0.1, 0.15) is 12.6 Å². The Morgan fingerprint density at radius 2 is 1.88 bits per heavy atom. The fourth-order valence-corrected chi connectivity index (χ4v) is 5.64. The fourth-order valence-electron chi connectivity index (χ4n) is 4.68. The molecule has 2 heterocycles. The maximum Gasteiger partial charge on any atom is 0.387 e. The van der Waals surface area contributed by atoms with Crippen LogP contribution in [0, 0.1) is 11.8 Å². The summed E-state index contributed by atoms with van der Waals surface area (Å²) in [4.78, 5) is 42.7. The first-order valence-corrected chi connectivity index (χ1v) is 14.5. The number of ether oxygens (including phenoxy) is 2. The van der Waals surface area contributed by atoms with E-state index in [0.29, 0.717) is 46.4 Å². The second-order valence-electron chi connectivity index (χ2n) is 10.3. The summed E-state index contributed by atoms with van der Waals surface area (Å²) in [5.74, 6) is -0.363. The molecule has 0 bridgehead atoms. The summed E-state index contributed by atoms with van der Waals surface area (Å²) >= 11 is 7.12. The molecule has 1 aliphatic heterocycles. The molecule has 1 aromatic heterocycles. The molecular formula is C27H31ClF2N4O5S. The number of hydrogen-bond acceptors (Lipinski definition) is 7. The molecule has 2 saturated carbocycles. The van der Waals surface area contributed by atoms with E-state index in [4.69, 9.17) is 21.1 Å². The SMILES string of the molecule is O=C(NC[C@H](C(=O)Nc1ccc(N2CCOCC2=O)cc1OC(F)F)N(CC1CC1)CC1CC1)c1ccc(Cl)s1. The van der Waals surface area contributed by atoms with E-state index in [2.05, 4.69) is 15.5 Å². The van der Waals surface area contributed by atoms with Crippen molar-refractivity contribution in [1.82, 2.24) is 10.2 Å². The molecule has 0 radical (unpaired) electrons. The summed E-state index contributed by atoms with van der Waals surface area (Å²) in [6.45, 7) is -1.19. The minimum Gasteiger partial charge on any atom is -0.433 e. The Labute approximate surface area is 239 Å². The first-order valence-electron chi connectivity index (χ1n) is 13.3. The number of rotatable bonds is 13. The van der Waals surface area contributed by atoms with Gasteiger partial charge in [-0.05, 0) is 61.8 Å². The molecule has 2 aromatic rings. The van der Waals surface area contributed by atoms with Crippen LogP contribution in [0.15, 0.2) is 30.3 Å². The lowest BCUT2D eigenvalue weighted by molar-refractivity contribution is -0.125. The van der Waals surface area contributed by atoms with Crippen molar-refractivity contribution < 1.29 is 32.6 Å². The van der Waals surface area contributed by atoms with E-state index >= 15 is 0 Å². The van der Waals surface area contributed by atoms with Gasteiger partial charge >= 0.3 is 6.61 Å². The minimum atomic E-state index is -3.14. The van der Waals surface area contributed by atoms with Crippen molar-refractivity contribution in [2.45, 2.75) is 38.3 Å². The number of hydrogen-bond donors (Lipinski definition) is 2. The Balaban J connectivity index is 1.36. The Morgan fingerprint density at radius 1 is 1.15 bits per heavy atom. The Kier molecular flexibility index (Phi) is 9.19. The topological polar surface area (TPSA) is 100 Å². The number of carbonyl (C=O) groups is 3. The van der Waals surface area contributed by atoms with Gasteiger partial charge in [0, 0.05) is 37.9 Å². The highest BCUT2D eigenvalue weighted by Gasteiger charge is 2.36. The van der Waals surface area contributed by atoms with E-state index < -0.39 is 18.6 Å². The maximum atomic E-state index is 13.7. The van der Waals surface area contributed by atoms with Gasteiger partial charge in [0.2, 0.25) is 5.91 Å². The van der Waals surface area contributed by atoms with Crippen LogP contribution < -0.4 is 20.3 Å². The van der Waals surface area contributed by atoms with Gasteiger partial charge in [0.15, 0.2) is 5.75 Å². The molecule has 3 aliphatic rings. The summed E-state index contributed by atoms with van der Waals surface area (Å²) in [7, 11) is 0. The first kappa shape index (κ1) is 28.7. The number of morpholine rings is 1. The third kappa shape index (κ3) is 7.68. The average Bonchev–Trinajstić information content (AvgIpc) is 3.85. The predicted octanol–water partition coefficient (Wildman–Crippen LogP) is 4.23. The zero-order chi connectivity index (χ0) is 28.2. The summed E-state index contributed by atoms with van der Waals surface area (Å²) < 4.78 is 37.1. The van der Waals surface area contributed by atoms with E-state index in [-0.39, 0.29) is 42.9 Å². The normalized spacial score (nSPS) is 18.2. The number of anilines is 2. The molecule has 13 heteroatoms. The Hall–Kier alpha value is -2.80. The van der Waals surface area contributed by atoms with E-state index in [9.17, 15) is 23.2 Å². The number of nitrogens with zero attached hydrogens (tertiary/aromatic N) is 2. The highest BCUT2D eigenvalue weighted by Crippen LogP contribution is 2.36. The number of thiophene rings is 1. The van der Waals surface area contributed by atoms with Crippen LogP contribution in [-0.2, 0) is 14.3 Å². The monoisotopic (exact) mass is 596 g/mol. The average molecular weight is 597 g/mol. The zero-order valence-corrected chi connectivity index (χ0v) is 23.3. The lowest BCUT2D eigenvalue weighted by Crippen LogP contribution is -2.52.